The minimum absolute atomic E-state index is 0.0125. The number of carbonyl (C=O) groups excluding carboxylic acids is 1. The molecule has 1 atom stereocenters. The third-order valence-corrected chi connectivity index (χ3v) is 2.97. The molecule has 2 aromatic rings. The van der Waals surface area contributed by atoms with Crippen LogP contribution in [0.2, 0.25) is 0 Å². The zero-order chi connectivity index (χ0) is 13.0. The molecule has 5 heteroatoms. The fourth-order valence-electron chi connectivity index (χ4n) is 1.85. The molecule has 18 heavy (non-hydrogen) atoms. The van der Waals surface area contributed by atoms with Gasteiger partial charge in [0, 0.05) is 36.8 Å². The number of aromatic nitrogens is 2. The number of imidazole rings is 1. The van der Waals surface area contributed by atoms with Crippen molar-refractivity contribution < 1.29 is 9.90 Å². The molecule has 0 aliphatic heterocycles. The van der Waals surface area contributed by atoms with Gasteiger partial charge in [-0.25, -0.2) is 4.98 Å². The van der Waals surface area contributed by atoms with Crippen molar-refractivity contribution in [2.75, 3.05) is 6.61 Å². The molecule has 2 rings (SSSR count). The summed E-state index contributed by atoms with van der Waals surface area (Å²) in [5.41, 5.74) is 1.34. The molecule has 0 fully saturated rings. The molecule has 0 bridgehead atoms. The lowest BCUT2D eigenvalue weighted by Crippen LogP contribution is -2.35. The van der Waals surface area contributed by atoms with Crippen LogP contribution in [0, 0.1) is 0 Å². The molecular formula is C13H17N3O2. The highest BCUT2D eigenvalue weighted by atomic mass is 16.3. The van der Waals surface area contributed by atoms with Crippen molar-refractivity contribution in [2.24, 2.45) is 0 Å². The maximum Gasteiger partial charge on any atom is 0.251 e. The van der Waals surface area contributed by atoms with Gasteiger partial charge in [-0.15, -0.1) is 0 Å². The topological polar surface area (TPSA) is 66.6 Å². The number of nitrogens with one attached hydrogen (secondary N) is 1. The van der Waals surface area contributed by atoms with E-state index in [2.05, 4.69) is 10.3 Å². The lowest BCUT2D eigenvalue weighted by Gasteiger charge is -2.15. The van der Waals surface area contributed by atoms with Gasteiger partial charge in [0.25, 0.3) is 5.91 Å². The Morgan fingerprint density at radius 2 is 2.39 bits per heavy atom. The summed E-state index contributed by atoms with van der Waals surface area (Å²) in [7, 11) is 0. The van der Waals surface area contributed by atoms with Gasteiger partial charge in [-0.1, -0.05) is 6.92 Å². The number of hydrogen-bond acceptors (Lipinski definition) is 3. The monoisotopic (exact) mass is 247 g/mol. The third kappa shape index (κ3) is 2.68. The number of amides is 1. The summed E-state index contributed by atoms with van der Waals surface area (Å²) in [6, 6.07) is 3.52. The Kier molecular flexibility index (Phi) is 3.94. The highest BCUT2D eigenvalue weighted by Crippen LogP contribution is 2.07. The highest BCUT2D eigenvalue weighted by molar-refractivity contribution is 5.95. The number of hydrogen-bond donors (Lipinski definition) is 2. The Hall–Kier alpha value is -1.88. The van der Waals surface area contributed by atoms with Crippen LogP contribution in [-0.2, 0) is 0 Å². The Morgan fingerprint density at radius 1 is 1.56 bits per heavy atom. The van der Waals surface area contributed by atoms with Gasteiger partial charge < -0.3 is 14.8 Å². The molecule has 0 aromatic carbocycles. The van der Waals surface area contributed by atoms with Crippen molar-refractivity contribution >= 4 is 11.6 Å². The van der Waals surface area contributed by atoms with Crippen LogP contribution in [0.25, 0.3) is 5.65 Å². The SMILES string of the molecule is CCC(CCO)NC(=O)c1ccn2ccnc2c1. The summed E-state index contributed by atoms with van der Waals surface area (Å²) in [5, 5.41) is 11.8. The van der Waals surface area contributed by atoms with Crippen LogP contribution in [0.4, 0.5) is 0 Å². The van der Waals surface area contributed by atoms with Gasteiger partial charge in [-0.3, -0.25) is 4.79 Å². The molecule has 0 aliphatic carbocycles. The number of fused-ring (bicyclic) bond motifs is 1. The minimum Gasteiger partial charge on any atom is -0.396 e. The maximum absolute atomic E-state index is 12.0. The fraction of sp³-hybridized carbons (Fsp3) is 0.385. The average Bonchev–Trinajstić information content (AvgIpc) is 2.85. The summed E-state index contributed by atoms with van der Waals surface area (Å²) in [4.78, 5) is 16.2. The first-order valence-electron chi connectivity index (χ1n) is 6.09. The predicted molar refractivity (Wildman–Crippen MR) is 68.4 cm³/mol. The van der Waals surface area contributed by atoms with E-state index in [0.29, 0.717) is 12.0 Å². The van der Waals surface area contributed by atoms with E-state index in [4.69, 9.17) is 5.11 Å². The number of nitrogens with zero attached hydrogens (tertiary/aromatic N) is 2. The first-order valence-corrected chi connectivity index (χ1v) is 6.09. The molecule has 2 heterocycles. The Labute approximate surface area is 105 Å². The summed E-state index contributed by atoms with van der Waals surface area (Å²) in [5.74, 6) is -0.124. The zero-order valence-electron chi connectivity index (χ0n) is 10.3. The first kappa shape index (κ1) is 12.6. The van der Waals surface area contributed by atoms with Crippen LogP contribution >= 0.6 is 0 Å². The summed E-state index contributed by atoms with van der Waals surface area (Å²) in [6.07, 6.45) is 6.71. The minimum atomic E-state index is -0.124. The number of carbonyl (C=O) groups is 1. The first-order chi connectivity index (χ1) is 8.74. The standard InChI is InChI=1S/C13H17N3O2/c1-2-11(4-8-17)15-13(18)10-3-6-16-7-5-14-12(16)9-10/h3,5-7,9,11,17H,2,4,8H2,1H3,(H,15,18). The molecule has 0 radical (unpaired) electrons. The zero-order valence-corrected chi connectivity index (χ0v) is 10.3. The van der Waals surface area contributed by atoms with E-state index >= 15 is 0 Å². The average molecular weight is 247 g/mol. The smallest absolute Gasteiger partial charge is 0.251 e. The van der Waals surface area contributed by atoms with Crippen LogP contribution in [0.1, 0.15) is 30.1 Å². The van der Waals surface area contributed by atoms with Gasteiger partial charge >= 0.3 is 0 Å². The van der Waals surface area contributed by atoms with Gasteiger partial charge in [0.2, 0.25) is 0 Å². The maximum atomic E-state index is 12.0. The molecule has 0 spiro atoms. The second-order valence-corrected chi connectivity index (χ2v) is 4.20. The van der Waals surface area contributed by atoms with Gasteiger partial charge in [0.15, 0.2) is 0 Å². The van der Waals surface area contributed by atoms with E-state index in [1.165, 1.54) is 0 Å². The van der Waals surface area contributed by atoms with E-state index in [9.17, 15) is 4.79 Å². The predicted octanol–water partition coefficient (Wildman–Crippen LogP) is 1.23. The second kappa shape index (κ2) is 5.64. The highest BCUT2D eigenvalue weighted by Gasteiger charge is 2.12. The third-order valence-electron chi connectivity index (χ3n) is 2.97. The summed E-state index contributed by atoms with van der Waals surface area (Å²) >= 11 is 0. The lowest BCUT2D eigenvalue weighted by molar-refractivity contribution is 0.0929. The Morgan fingerprint density at radius 3 is 3.11 bits per heavy atom. The molecule has 0 aliphatic rings. The largest absolute Gasteiger partial charge is 0.396 e. The Bertz CT molecular complexity index is 536. The van der Waals surface area contributed by atoms with Crippen molar-refractivity contribution in [1.29, 1.82) is 0 Å². The van der Waals surface area contributed by atoms with Gasteiger partial charge in [-0.2, -0.15) is 0 Å². The van der Waals surface area contributed by atoms with Gasteiger partial charge in [-0.05, 0) is 25.0 Å². The quantitative estimate of drug-likeness (QED) is 0.835. The molecule has 2 aromatic heterocycles. The number of aliphatic hydroxyl groups excluding tert-OH is 1. The molecule has 1 unspecified atom stereocenters. The lowest BCUT2D eigenvalue weighted by atomic mass is 10.1. The van der Waals surface area contributed by atoms with Crippen LogP contribution in [-0.4, -0.2) is 33.0 Å². The Balaban J connectivity index is 2.12. The van der Waals surface area contributed by atoms with E-state index in [1.807, 2.05) is 23.7 Å². The molecule has 2 N–H and O–H groups in total. The van der Waals surface area contributed by atoms with Crippen LogP contribution in [0.5, 0.6) is 0 Å². The van der Waals surface area contributed by atoms with E-state index < -0.39 is 0 Å². The van der Waals surface area contributed by atoms with Crippen molar-refractivity contribution in [2.45, 2.75) is 25.8 Å². The van der Waals surface area contributed by atoms with Crippen molar-refractivity contribution in [3.63, 3.8) is 0 Å². The molecular weight excluding hydrogens is 230 g/mol. The fourth-order valence-corrected chi connectivity index (χ4v) is 1.85. The molecule has 1 amide bonds. The molecule has 0 saturated carbocycles. The number of pyridine rings is 1. The van der Waals surface area contributed by atoms with E-state index in [-0.39, 0.29) is 18.6 Å². The van der Waals surface area contributed by atoms with Crippen LogP contribution in [0.15, 0.2) is 30.7 Å². The summed E-state index contributed by atoms with van der Waals surface area (Å²) < 4.78 is 1.85. The number of aliphatic hydroxyl groups is 1. The molecule has 5 nitrogen and oxygen atoms in total. The molecule has 0 saturated heterocycles. The van der Waals surface area contributed by atoms with Crippen molar-refractivity contribution in [1.82, 2.24) is 14.7 Å². The normalized spacial score (nSPS) is 12.6. The van der Waals surface area contributed by atoms with Gasteiger partial charge in [0.1, 0.15) is 5.65 Å². The van der Waals surface area contributed by atoms with Crippen LogP contribution in [0.3, 0.4) is 0 Å². The second-order valence-electron chi connectivity index (χ2n) is 4.20. The van der Waals surface area contributed by atoms with E-state index in [0.717, 1.165) is 12.1 Å². The number of rotatable bonds is 5. The van der Waals surface area contributed by atoms with Crippen molar-refractivity contribution in [3.8, 4) is 0 Å². The van der Waals surface area contributed by atoms with E-state index in [1.54, 1.807) is 18.3 Å². The van der Waals surface area contributed by atoms with Crippen LogP contribution < -0.4 is 5.32 Å². The van der Waals surface area contributed by atoms with Gasteiger partial charge in [0.05, 0.1) is 0 Å². The van der Waals surface area contributed by atoms with Crippen molar-refractivity contribution in [3.05, 3.63) is 36.3 Å². The summed E-state index contributed by atoms with van der Waals surface area (Å²) in [6.45, 7) is 2.07. The molecule has 96 valence electrons.